The lowest BCUT2D eigenvalue weighted by Crippen LogP contribution is -2.43. The van der Waals surface area contributed by atoms with Gasteiger partial charge in [-0.2, -0.15) is 0 Å². The molecular weight excluding hydrogens is 264 g/mol. The zero-order chi connectivity index (χ0) is 14.3. The molecule has 1 unspecified atom stereocenters. The van der Waals surface area contributed by atoms with Crippen LogP contribution in [0.15, 0.2) is 11.6 Å². The number of hydrogen-bond donors (Lipinski definition) is 0. The molecule has 0 spiro atoms. The molecule has 0 aromatic carbocycles. The Morgan fingerprint density at radius 1 is 1.32 bits per heavy atom. The van der Waals surface area contributed by atoms with Gasteiger partial charge in [-0.15, -0.1) is 0 Å². The summed E-state index contributed by atoms with van der Waals surface area (Å²) in [5.41, 5.74) is 1.29. The van der Waals surface area contributed by atoms with E-state index in [1.807, 2.05) is 6.08 Å². The lowest BCUT2D eigenvalue weighted by atomic mass is 9.99. The number of hydrogen-bond acceptors (Lipinski definition) is 5. The Bertz CT molecular complexity index is 317. The molecule has 0 aromatic rings. The smallest absolute Gasteiger partial charge is 0.458 e. The summed E-state index contributed by atoms with van der Waals surface area (Å²) >= 11 is 0. The summed E-state index contributed by atoms with van der Waals surface area (Å²) in [7, 11) is 1.94. The van der Waals surface area contributed by atoms with Crippen LogP contribution in [0.3, 0.4) is 0 Å². The minimum Gasteiger partial charge on any atom is -0.458 e. The SMILES string of the molecule is CO[Si](CCC(=O)OC1C=C(C)CCC1)(OC)OC. The predicted molar refractivity (Wildman–Crippen MR) is 73.7 cm³/mol. The van der Waals surface area contributed by atoms with Gasteiger partial charge >= 0.3 is 14.8 Å². The van der Waals surface area contributed by atoms with E-state index in [-0.39, 0.29) is 18.5 Å². The molecule has 0 amide bonds. The van der Waals surface area contributed by atoms with Gasteiger partial charge in [0.1, 0.15) is 6.10 Å². The highest BCUT2D eigenvalue weighted by atomic mass is 28.4. The van der Waals surface area contributed by atoms with E-state index < -0.39 is 8.80 Å². The van der Waals surface area contributed by atoms with Crippen LogP contribution in [0, 0.1) is 0 Å². The van der Waals surface area contributed by atoms with Crippen molar-refractivity contribution in [3.05, 3.63) is 11.6 Å². The normalized spacial score (nSPS) is 20.0. The molecule has 1 aliphatic carbocycles. The number of carbonyl (C=O) groups excluding carboxylic acids is 1. The van der Waals surface area contributed by atoms with Crippen LogP contribution in [0.1, 0.15) is 32.6 Å². The van der Waals surface area contributed by atoms with Crippen molar-refractivity contribution in [1.82, 2.24) is 0 Å². The van der Waals surface area contributed by atoms with E-state index in [0.29, 0.717) is 6.04 Å². The molecule has 0 aromatic heterocycles. The van der Waals surface area contributed by atoms with Crippen molar-refractivity contribution in [2.75, 3.05) is 21.3 Å². The fourth-order valence-electron chi connectivity index (χ4n) is 2.20. The minimum absolute atomic E-state index is 0.0787. The molecule has 0 radical (unpaired) electrons. The second-order valence-corrected chi connectivity index (χ2v) is 7.82. The van der Waals surface area contributed by atoms with Gasteiger partial charge in [-0.1, -0.05) is 5.57 Å². The van der Waals surface area contributed by atoms with Crippen LogP contribution in [-0.4, -0.2) is 42.2 Å². The van der Waals surface area contributed by atoms with Crippen LogP contribution in [0.2, 0.25) is 6.04 Å². The van der Waals surface area contributed by atoms with Crippen molar-refractivity contribution in [1.29, 1.82) is 0 Å². The van der Waals surface area contributed by atoms with Crippen molar-refractivity contribution in [2.45, 2.75) is 44.8 Å². The van der Waals surface area contributed by atoms with E-state index in [9.17, 15) is 4.79 Å². The molecule has 19 heavy (non-hydrogen) atoms. The van der Waals surface area contributed by atoms with Gasteiger partial charge in [-0.3, -0.25) is 4.79 Å². The van der Waals surface area contributed by atoms with Crippen LogP contribution in [-0.2, 0) is 22.8 Å². The molecule has 6 heteroatoms. The van der Waals surface area contributed by atoms with Crippen LogP contribution in [0.25, 0.3) is 0 Å². The molecule has 1 atom stereocenters. The zero-order valence-corrected chi connectivity index (χ0v) is 13.2. The van der Waals surface area contributed by atoms with E-state index in [1.54, 1.807) is 0 Å². The standard InChI is InChI=1S/C13H24O5Si/c1-11-6-5-7-12(10-11)18-13(14)8-9-19(15-2,16-3)17-4/h10,12H,5-9H2,1-4H3. The molecule has 0 N–H and O–H groups in total. The highest BCUT2D eigenvalue weighted by Crippen LogP contribution is 2.21. The molecule has 5 nitrogen and oxygen atoms in total. The van der Waals surface area contributed by atoms with Crippen molar-refractivity contribution in [2.24, 2.45) is 0 Å². The number of ether oxygens (including phenoxy) is 1. The molecule has 1 rings (SSSR count). The highest BCUT2D eigenvalue weighted by Gasteiger charge is 2.38. The first-order valence-electron chi connectivity index (χ1n) is 6.57. The van der Waals surface area contributed by atoms with Crippen molar-refractivity contribution in [3.8, 4) is 0 Å². The van der Waals surface area contributed by atoms with E-state index in [2.05, 4.69) is 6.92 Å². The second kappa shape index (κ2) is 7.79. The lowest BCUT2D eigenvalue weighted by molar-refractivity contribution is -0.147. The maximum atomic E-state index is 11.8. The second-order valence-electron chi connectivity index (χ2n) is 4.73. The Balaban J connectivity index is 2.41. The summed E-state index contributed by atoms with van der Waals surface area (Å²) < 4.78 is 21.2. The third kappa shape index (κ3) is 5.06. The molecule has 0 heterocycles. The van der Waals surface area contributed by atoms with Gasteiger partial charge in [-0.05, 0) is 32.3 Å². The van der Waals surface area contributed by atoms with Crippen molar-refractivity contribution >= 4 is 14.8 Å². The molecule has 1 aliphatic rings. The summed E-state index contributed by atoms with van der Waals surface area (Å²) in [4.78, 5) is 11.8. The van der Waals surface area contributed by atoms with Crippen molar-refractivity contribution in [3.63, 3.8) is 0 Å². The molecule has 0 saturated heterocycles. The van der Waals surface area contributed by atoms with Gasteiger partial charge in [-0.25, -0.2) is 0 Å². The van der Waals surface area contributed by atoms with Gasteiger partial charge in [0.25, 0.3) is 0 Å². The first-order valence-corrected chi connectivity index (χ1v) is 8.50. The summed E-state index contributed by atoms with van der Waals surface area (Å²) in [5, 5.41) is 0. The number of esters is 1. The van der Waals surface area contributed by atoms with Crippen LogP contribution in [0.4, 0.5) is 0 Å². The topological polar surface area (TPSA) is 54.0 Å². The monoisotopic (exact) mass is 288 g/mol. The lowest BCUT2D eigenvalue weighted by Gasteiger charge is -2.24. The third-order valence-corrected chi connectivity index (χ3v) is 6.11. The Hall–Kier alpha value is -0.693. The van der Waals surface area contributed by atoms with Crippen LogP contribution >= 0.6 is 0 Å². The van der Waals surface area contributed by atoms with Gasteiger partial charge in [0.2, 0.25) is 0 Å². The summed E-state index contributed by atoms with van der Waals surface area (Å²) in [6.07, 6.45) is 5.30. The Labute approximate surface area is 116 Å². The number of allylic oxidation sites excluding steroid dienone is 1. The van der Waals surface area contributed by atoms with Gasteiger partial charge < -0.3 is 18.0 Å². The third-order valence-electron chi connectivity index (χ3n) is 3.38. The van der Waals surface area contributed by atoms with Crippen LogP contribution < -0.4 is 0 Å². The van der Waals surface area contributed by atoms with E-state index >= 15 is 0 Å². The van der Waals surface area contributed by atoms with E-state index in [0.717, 1.165) is 19.3 Å². The Kier molecular flexibility index (Phi) is 6.71. The fraction of sp³-hybridized carbons (Fsp3) is 0.769. The average molecular weight is 288 g/mol. The van der Waals surface area contributed by atoms with E-state index in [4.69, 9.17) is 18.0 Å². The molecule has 0 fully saturated rings. The maximum absolute atomic E-state index is 11.8. The predicted octanol–water partition coefficient (Wildman–Crippen LogP) is 2.30. The first kappa shape index (κ1) is 16.4. The van der Waals surface area contributed by atoms with Gasteiger partial charge in [0.15, 0.2) is 0 Å². The highest BCUT2D eigenvalue weighted by molar-refractivity contribution is 6.60. The largest absolute Gasteiger partial charge is 0.500 e. The fourth-order valence-corrected chi connectivity index (χ4v) is 3.82. The quantitative estimate of drug-likeness (QED) is 0.409. The summed E-state index contributed by atoms with van der Waals surface area (Å²) in [5.74, 6) is -0.223. The molecule has 0 saturated carbocycles. The average Bonchev–Trinajstić information content (AvgIpc) is 2.41. The minimum atomic E-state index is -2.68. The summed E-state index contributed by atoms with van der Waals surface area (Å²) in [6.45, 7) is 2.07. The summed E-state index contributed by atoms with van der Waals surface area (Å²) in [6, 6.07) is 0.435. The molecular formula is C13H24O5Si. The molecule has 0 bridgehead atoms. The van der Waals surface area contributed by atoms with Crippen LogP contribution in [0.5, 0.6) is 0 Å². The van der Waals surface area contributed by atoms with E-state index in [1.165, 1.54) is 26.9 Å². The van der Waals surface area contributed by atoms with Crippen molar-refractivity contribution < 1.29 is 22.8 Å². The Morgan fingerprint density at radius 3 is 2.47 bits per heavy atom. The first-order chi connectivity index (χ1) is 9.05. The molecule has 110 valence electrons. The molecule has 0 aliphatic heterocycles. The zero-order valence-electron chi connectivity index (χ0n) is 12.2. The number of carbonyl (C=O) groups is 1. The Morgan fingerprint density at radius 2 is 1.95 bits per heavy atom. The van der Waals surface area contributed by atoms with Gasteiger partial charge in [0, 0.05) is 33.8 Å². The maximum Gasteiger partial charge on any atom is 0.500 e. The number of rotatable bonds is 7. The van der Waals surface area contributed by atoms with Gasteiger partial charge in [0.05, 0.1) is 0 Å².